The molecule has 0 saturated heterocycles. The van der Waals surface area contributed by atoms with Gasteiger partial charge in [0.15, 0.2) is 0 Å². The van der Waals surface area contributed by atoms with Crippen molar-refractivity contribution in [1.82, 2.24) is 4.98 Å². The summed E-state index contributed by atoms with van der Waals surface area (Å²) < 4.78 is 0. The Hall–Kier alpha value is -1.87. The summed E-state index contributed by atoms with van der Waals surface area (Å²) >= 11 is 6.03. The second-order valence-corrected chi connectivity index (χ2v) is 4.97. The van der Waals surface area contributed by atoms with Crippen LogP contribution in [0.2, 0.25) is 5.02 Å². The Bertz CT molecular complexity index is 638. The van der Waals surface area contributed by atoms with Gasteiger partial charge in [-0.1, -0.05) is 17.7 Å². The first-order valence-corrected chi connectivity index (χ1v) is 6.36. The number of aryl methyl sites for hydroxylation is 3. The fraction of sp³-hybridized carbons (Fsp3) is 0.200. The molecule has 0 fully saturated rings. The van der Waals surface area contributed by atoms with Gasteiger partial charge in [0.1, 0.15) is 0 Å². The summed E-state index contributed by atoms with van der Waals surface area (Å²) in [4.78, 5) is 16.3. The number of aromatic nitrogens is 1. The Kier molecular flexibility index (Phi) is 3.86. The van der Waals surface area contributed by atoms with E-state index in [2.05, 4.69) is 10.3 Å². The highest BCUT2D eigenvalue weighted by molar-refractivity contribution is 6.31. The molecular weight excluding hydrogens is 260 g/mol. The topological polar surface area (TPSA) is 42.0 Å². The van der Waals surface area contributed by atoms with Crippen molar-refractivity contribution in [3.05, 3.63) is 57.9 Å². The van der Waals surface area contributed by atoms with Crippen molar-refractivity contribution < 1.29 is 4.79 Å². The number of halogens is 1. The van der Waals surface area contributed by atoms with E-state index in [9.17, 15) is 4.79 Å². The Balaban J connectivity index is 2.25. The van der Waals surface area contributed by atoms with Crippen molar-refractivity contribution in [3.8, 4) is 0 Å². The van der Waals surface area contributed by atoms with Gasteiger partial charge in [-0.05, 0) is 50.1 Å². The van der Waals surface area contributed by atoms with Gasteiger partial charge in [-0.15, -0.1) is 0 Å². The standard InChI is InChI=1S/C15H15ClN2O/c1-9-4-5-12(7-13(9)16)15(19)18-14-6-11(3)17-8-10(14)2/h4-8H,1-3H3,(H,17,18,19). The number of anilines is 1. The van der Waals surface area contributed by atoms with E-state index in [1.165, 1.54) is 0 Å². The number of carbonyl (C=O) groups is 1. The van der Waals surface area contributed by atoms with Crippen LogP contribution in [0, 0.1) is 20.8 Å². The minimum atomic E-state index is -0.171. The molecule has 0 aliphatic heterocycles. The summed E-state index contributed by atoms with van der Waals surface area (Å²) in [5.74, 6) is -0.171. The molecule has 98 valence electrons. The molecule has 0 saturated carbocycles. The Labute approximate surface area is 117 Å². The molecular formula is C15H15ClN2O. The summed E-state index contributed by atoms with van der Waals surface area (Å²) in [6, 6.07) is 7.13. The second kappa shape index (κ2) is 5.41. The van der Waals surface area contributed by atoms with E-state index < -0.39 is 0 Å². The molecule has 0 bridgehead atoms. The predicted octanol–water partition coefficient (Wildman–Crippen LogP) is 3.91. The van der Waals surface area contributed by atoms with E-state index in [1.807, 2.05) is 32.9 Å². The van der Waals surface area contributed by atoms with Crippen LogP contribution in [0.15, 0.2) is 30.5 Å². The Morgan fingerprint density at radius 3 is 2.58 bits per heavy atom. The maximum atomic E-state index is 12.2. The zero-order chi connectivity index (χ0) is 14.0. The number of amides is 1. The molecule has 3 nitrogen and oxygen atoms in total. The lowest BCUT2D eigenvalue weighted by Gasteiger charge is -2.09. The first-order valence-electron chi connectivity index (χ1n) is 5.98. The smallest absolute Gasteiger partial charge is 0.255 e. The average molecular weight is 275 g/mol. The molecule has 0 unspecified atom stereocenters. The van der Waals surface area contributed by atoms with E-state index in [0.29, 0.717) is 10.6 Å². The quantitative estimate of drug-likeness (QED) is 0.902. The van der Waals surface area contributed by atoms with Gasteiger partial charge in [-0.3, -0.25) is 9.78 Å². The zero-order valence-electron chi connectivity index (χ0n) is 11.1. The van der Waals surface area contributed by atoms with Gasteiger partial charge in [0.25, 0.3) is 5.91 Å². The fourth-order valence-corrected chi connectivity index (χ4v) is 1.87. The minimum absolute atomic E-state index is 0.171. The van der Waals surface area contributed by atoms with Crippen LogP contribution < -0.4 is 5.32 Å². The molecule has 19 heavy (non-hydrogen) atoms. The highest BCUT2D eigenvalue weighted by Gasteiger charge is 2.09. The number of carbonyl (C=O) groups excluding carboxylic acids is 1. The van der Waals surface area contributed by atoms with Gasteiger partial charge < -0.3 is 5.32 Å². The summed E-state index contributed by atoms with van der Waals surface area (Å²) in [5.41, 5.74) is 4.06. The average Bonchev–Trinajstić information content (AvgIpc) is 2.37. The van der Waals surface area contributed by atoms with Gasteiger partial charge in [-0.25, -0.2) is 0 Å². The molecule has 1 N–H and O–H groups in total. The first kappa shape index (κ1) is 13.6. The number of pyridine rings is 1. The summed E-state index contributed by atoms with van der Waals surface area (Å²) in [6.07, 6.45) is 1.74. The van der Waals surface area contributed by atoms with Crippen LogP contribution in [-0.4, -0.2) is 10.9 Å². The molecule has 0 atom stereocenters. The SMILES string of the molecule is Cc1cc(NC(=O)c2ccc(C)c(Cl)c2)c(C)cn1. The third-order valence-corrected chi connectivity index (χ3v) is 3.33. The van der Waals surface area contributed by atoms with E-state index in [0.717, 1.165) is 22.5 Å². The van der Waals surface area contributed by atoms with E-state index in [4.69, 9.17) is 11.6 Å². The summed E-state index contributed by atoms with van der Waals surface area (Å²) in [6.45, 7) is 5.70. The lowest BCUT2D eigenvalue weighted by molar-refractivity contribution is 0.102. The van der Waals surface area contributed by atoms with E-state index in [1.54, 1.807) is 18.3 Å². The molecule has 0 aliphatic carbocycles. The first-order chi connectivity index (χ1) is 8.97. The van der Waals surface area contributed by atoms with Gasteiger partial charge in [0.05, 0.1) is 0 Å². The van der Waals surface area contributed by atoms with Crippen LogP contribution in [0.3, 0.4) is 0 Å². The number of nitrogens with one attached hydrogen (secondary N) is 1. The normalized spacial score (nSPS) is 10.3. The molecule has 0 spiro atoms. The molecule has 0 aliphatic rings. The molecule has 4 heteroatoms. The molecule has 1 amide bonds. The lowest BCUT2D eigenvalue weighted by atomic mass is 10.1. The van der Waals surface area contributed by atoms with E-state index >= 15 is 0 Å². The van der Waals surface area contributed by atoms with Gasteiger partial charge in [0, 0.05) is 28.2 Å². The molecule has 1 heterocycles. The Morgan fingerprint density at radius 1 is 1.16 bits per heavy atom. The van der Waals surface area contributed by atoms with Crippen molar-refractivity contribution in [2.45, 2.75) is 20.8 Å². The third-order valence-electron chi connectivity index (χ3n) is 2.92. The maximum absolute atomic E-state index is 12.2. The number of benzene rings is 1. The van der Waals surface area contributed by atoms with Crippen molar-refractivity contribution in [1.29, 1.82) is 0 Å². The third kappa shape index (κ3) is 3.12. The highest BCUT2D eigenvalue weighted by atomic mass is 35.5. The van der Waals surface area contributed by atoms with Crippen LogP contribution >= 0.6 is 11.6 Å². The largest absolute Gasteiger partial charge is 0.322 e. The Morgan fingerprint density at radius 2 is 1.89 bits per heavy atom. The minimum Gasteiger partial charge on any atom is -0.322 e. The number of rotatable bonds is 2. The lowest BCUT2D eigenvalue weighted by Crippen LogP contribution is -2.13. The zero-order valence-corrected chi connectivity index (χ0v) is 11.9. The molecule has 2 aromatic rings. The fourth-order valence-electron chi connectivity index (χ4n) is 1.69. The maximum Gasteiger partial charge on any atom is 0.255 e. The van der Waals surface area contributed by atoms with Crippen molar-refractivity contribution in [3.63, 3.8) is 0 Å². The van der Waals surface area contributed by atoms with Crippen LogP contribution in [0.4, 0.5) is 5.69 Å². The van der Waals surface area contributed by atoms with Crippen molar-refractivity contribution in [2.24, 2.45) is 0 Å². The molecule has 2 rings (SSSR count). The van der Waals surface area contributed by atoms with Crippen molar-refractivity contribution in [2.75, 3.05) is 5.32 Å². The van der Waals surface area contributed by atoms with Crippen LogP contribution in [-0.2, 0) is 0 Å². The molecule has 0 radical (unpaired) electrons. The predicted molar refractivity (Wildman–Crippen MR) is 77.9 cm³/mol. The number of hydrogen-bond acceptors (Lipinski definition) is 2. The number of nitrogens with zero attached hydrogens (tertiary/aromatic N) is 1. The van der Waals surface area contributed by atoms with Crippen molar-refractivity contribution >= 4 is 23.2 Å². The highest BCUT2D eigenvalue weighted by Crippen LogP contribution is 2.19. The second-order valence-electron chi connectivity index (χ2n) is 4.56. The summed E-state index contributed by atoms with van der Waals surface area (Å²) in [7, 11) is 0. The monoisotopic (exact) mass is 274 g/mol. The van der Waals surface area contributed by atoms with Crippen LogP contribution in [0.1, 0.15) is 27.2 Å². The van der Waals surface area contributed by atoms with Gasteiger partial charge >= 0.3 is 0 Å². The van der Waals surface area contributed by atoms with Crippen LogP contribution in [0.25, 0.3) is 0 Å². The number of hydrogen-bond donors (Lipinski definition) is 1. The van der Waals surface area contributed by atoms with E-state index in [-0.39, 0.29) is 5.91 Å². The summed E-state index contributed by atoms with van der Waals surface area (Å²) in [5, 5.41) is 3.47. The molecule has 1 aromatic carbocycles. The molecule has 1 aromatic heterocycles. The van der Waals surface area contributed by atoms with Gasteiger partial charge in [-0.2, -0.15) is 0 Å². The van der Waals surface area contributed by atoms with Gasteiger partial charge in [0.2, 0.25) is 0 Å². The van der Waals surface area contributed by atoms with Crippen LogP contribution in [0.5, 0.6) is 0 Å².